The monoisotopic (exact) mass is 336 g/mol. The minimum atomic E-state index is 0.0894. The molecule has 1 aromatic rings. The molecule has 0 bridgehead atoms. The molecule has 1 aliphatic heterocycles. The van der Waals surface area contributed by atoms with Crippen LogP contribution in [0.1, 0.15) is 50.6 Å². The Balaban J connectivity index is 1.82. The molecule has 3 atom stereocenters. The second-order valence-electron chi connectivity index (χ2n) is 6.53. The molecule has 1 aromatic carbocycles. The first kappa shape index (κ1) is 14.4. The van der Waals surface area contributed by atoms with Crippen molar-refractivity contribution in [3.05, 3.63) is 28.2 Å². The van der Waals surface area contributed by atoms with Crippen LogP contribution >= 0.6 is 15.9 Å². The average Bonchev–Trinajstić information content (AvgIpc) is 2.46. The fourth-order valence-corrected chi connectivity index (χ4v) is 4.38. The van der Waals surface area contributed by atoms with Crippen molar-refractivity contribution in [2.75, 3.05) is 18.0 Å². The lowest BCUT2D eigenvalue weighted by molar-refractivity contribution is 0.202. The molecule has 2 N–H and O–H groups in total. The van der Waals surface area contributed by atoms with Gasteiger partial charge in [0.2, 0.25) is 0 Å². The third-order valence-corrected chi connectivity index (χ3v) is 5.61. The van der Waals surface area contributed by atoms with E-state index in [0.29, 0.717) is 0 Å². The van der Waals surface area contributed by atoms with E-state index in [1.54, 1.807) is 0 Å². The number of rotatable bonds is 2. The van der Waals surface area contributed by atoms with Gasteiger partial charge in [-0.25, -0.2) is 0 Å². The van der Waals surface area contributed by atoms with Gasteiger partial charge in [-0.1, -0.05) is 35.2 Å². The number of hydrogen-bond acceptors (Lipinski definition) is 2. The number of nitrogens with two attached hydrogens (primary N) is 1. The molecule has 1 aliphatic carbocycles. The Labute approximate surface area is 130 Å². The van der Waals surface area contributed by atoms with E-state index in [1.165, 1.54) is 56.4 Å². The molecule has 2 nitrogen and oxygen atoms in total. The standard InChI is InChI=1S/C17H25BrN2/c1-12(19)16-10-15(18)6-7-17(16)20-9-8-13-4-2-3-5-14(13)11-20/h6-7,10,12-14H,2-5,8-9,11,19H2,1H3. The summed E-state index contributed by atoms with van der Waals surface area (Å²) in [5.74, 6) is 1.89. The van der Waals surface area contributed by atoms with Crippen LogP contribution in [0.25, 0.3) is 0 Å². The van der Waals surface area contributed by atoms with Crippen LogP contribution < -0.4 is 10.6 Å². The predicted octanol–water partition coefficient (Wildman–Crippen LogP) is 4.49. The average molecular weight is 337 g/mol. The Morgan fingerprint density at radius 1 is 1.20 bits per heavy atom. The summed E-state index contributed by atoms with van der Waals surface area (Å²) in [4.78, 5) is 2.58. The lowest BCUT2D eigenvalue weighted by atomic mass is 9.75. The van der Waals surface area contributed by atoms with Crippen molar-refractivity contribution in [2.45, 2.75) is 45.1 Å². The highest BCUT2D eigenvalue weighted by Gasteiger charge is 2.31. The van der Waals surface area contributed by atoms with E-state index in [4.69, 9.17) is 5.73 Å². The van der Waals surface area contributed by atoms with E-state index in [2.05, 4.69) is 46.0 Å². The summed E-state index contributed by atoms with van der Waals surface area (Å²) in [6.45, 7) is 4.51. The normalized spacial score (nSPS) is 28.1. The minimum Gasteiger partial charge on any atom is -0.371 e. The van der Waals surface area contributed by atoms with Gasteiger partial charge < -0.3 is 10.6 Å². The molecule has 1 saturated heterocycles. The first-order valence-electron chi connectivity index (χ1n) is 7.95. The number of benzene rings is 1. The first-order valence-corrected chi connectivity index (χ1v) is 8.74. The van der Waals surface area contributed by atoms with Gasteiger partial charge in [0.15, 0.2) is 0 Å². The SMILES string of the molecule is CC(N)c1cc(Br)ccc1N1CCC2CCCCC2C1. The van der Waals surface area contributed by atoms with Crippen LogP contribution in [0.2, 0.25) is 0 Å². The number of anilines is 1. The van der Waals surface area contributed by atoms with Gasteiger partial charge in [-0.3, -0.25) is 0 Å². The molecular weight excluding hydrogens is 312 g/mol. The molecular formula is C17H25BrN2. The van der Waals surface area contributed by atoms with E-state index in [-0.39, 0.29) is 6.04 Å². The molecule has 2 fully saturated rings. The summed E-state index contributed by atoms with van der Waals surface area (Å²) >= 11 is 3.57. The number of nitrogens with zero attached hydrogens (tertiary/aromatic N) is 1. The minimum absolute atomic E-state index is 0.0894. The lowest BCUT2D eigenvalue weighted by Crippen LogP contribution is -2.42. The Kier molecular flexibility index (Phi) is 4.37. The highest BCUT2D eigenvalue weighted by atomic mass is 79.9. The van der Waals surface area contributed by atoms with Gasteiger partial charge in [0.05, 0.1) is 0 Å². The zero-order valence-corrected chi connectivity index (χ0v) is 13.9. The Morgan fingerprint density at radius 2 is 1.95 bits per heavy atom. The molecule has 1 saturated carbocycles. The first-order chi connectivity index (χ1) is 9.65. The molecule has 0 aromatic heterocycles. The maximum absolute atomic E-state index is 6.17. The highest BCUT2D eigenvalue weighted by molar-refractivity contribution is 9.10. The molecule has 3 heteroatoms. The topological polar surface area (TPSA) is 29.3 Å². The largest absolute Gasteiger partial charge is 0.371 e. The number of piperidine rings is 1. The molecule has 2 aliphatic rings. The van der Waals surface area contributed by atoms with Gasteiger partial charge in [0.1, 0.15) is 0 Å². The van der Waals surface area contributed by atoms with Crippen molar-refractivity contribution in [1.29, 1.82) is 0 Å². The Hall–Kier alpha value is -0.540. The summed E-state index contributed by atoms with van der Waals surface area (Å²) in [6.07, 6.45) is 7.11. The van der Waals surface area contributed by atoms with Gasteiger partial charge in [0.25, 0.3) is 0 Å². The van der Waals surface area contributed by atoms with Crippen LogP contribution in [0.3, 0.4) is 0 Å². The smallest absolute Gasteiger partial charge is 0.0415 e. The van der Waals surface area contributed by atoms with Crippen LogP contribution in [-0.2, 0) is 0 Å². The second kappa shape index (κ2) is 6.07. The maximum atomic E-state index is 6.17. The van der Waals surface area contributed by atoms with E-state index >= 15 is 0 Å². The van der Waals surface area contributed by atoms with Crippen molar-refractivity contribution < 1.29 is 0 Å². The summed E-state index contributed by atoms with van der Waals surface area (Å²) in [5.41, 5.74) is 8.80. The quantitative estimate of drug-likeness (QED) is 0.862. The van der Waals surface area contributed by atoms with Gasteiger partial charge in [-0.2, -0.15) is 0 Å². The van der Waals surface area contributed by atoms with Crippen LogP contribution in [0.5, 0.6) is 0 Å². The maximum Gasteiger partial charge on any atom is 0.0415 e. The van der Waals surface area contributed by atoms with Crippen LogP contribution in [0.15, 0.2) is 22.7 Å². The third-order valence-electron chi connectivity index (χ3n) is 5.11. The van der Waals surface area contributed by atoms with E-state index in [0.717, 1.165) is 16.3 Å². The molecule has 3 rings (SSSR count). The number of hydrogen-bond donors (Lipinski definition) is 1. The third kappa shape index (κ3) is 2.89. The number of fused-ring (bicyclic) bond motifs is 1. The van der Waals surface area contributed by atoms with Gasteiger partial charge in [0, 0.05) is 29.3 Å². The molecule has 3 unspecified atom stereocenters. The fraction of sp³-hybridized carbons (Fsp3) is 0.647. The van der Waals surface area contributed by atoms with E-state index < -0.39 is 0 Å². The van der Waals surface area contributed by atoms with Crippen LogP contribution in [0.4, 0.5) is 5.69 Å². The Morgan fingerprint density at radius 3 is 2.70 bits per heavy atom. The second-order valence-corrected chi connectivity index (χ2v) is 7.45. The number of halogens is 1. The molecule has 0 spiro atoms. The zero-order chi connectivity index (χ0) is 14.1. The summed E-state index contributed by atoms with van der Waals surface area (Å²) in [5, 5.41) is 0. The summed E-state index contributed by atoms with van der Waals surface area (Å²) < 4.78 is 1.13. The van der Waals surface area contributed by atoms with Gasteiger partial charge in [-0.05, 0) is 55.4 Å². The zero-order valence-electron chi connectivity index (χ0n) is 12.3. The lowest BCUT2D eigenvalue weighted by Gasteiger charge is -2.43. The molecule has 0 radical (unpaired) electrons. The predicted molar refractivity (Wildman–Crippen MR) is 89.0 cm³/mol. The van der Waals surface area contributed by atoms with E-state index in [1.807, 2.05) is 0 Å². The van der Waals surface area contributed by atoms with E-state index in [9.17, 15) is 0 Å². The summed E-state index contributed by atoms with van der Waals surface area (Å²) in [7, 11) is 0. The van der Waals surface area contributed by atoms with Crippen molar-refractivity contribution in [1.82, 2.24) is 0 Å². The molecule has 110 valence electrons. The van der Waals surface area contributed by atoms with Crippen LogP contribution in [-0.4, -0.2) is 13.1 Å². The fourth-order valence-electron chi connectivity index (χ4n) is 4.00. The Bertz CT molecular complexity index is 472. The highest BCUT2D eigenvalue weighted by Crippen LogP contribution is 2.39. The van der Waals surface area contributed by atoms with Crippen molar-refractivity contribution in [2.24, 2.45) is 17.6 Å². The van der Waals surface area contributed by atoms with Gasteiger partial charge in [-0.15, -0.1) is 0 Å². The van der Waals surface area contributed by atoms with Crippen LogP contribution in [0, 0.1) is 11.8 Å². The van der Waals surface area contributed by atoms with Crippen molar-refractivity contribution in [3.63, 3.8) is 0 Å². The summed E-state index contributed by atoms with van der Waals surface area (Å²) in [6, 6.07) is 6.67. The van der Waals surface area contributed by atoms with Gasteiger partial charge >= 0.3 is 0 Å². The van der Waals surface area contributed by atoms with Crippen molar-refractivity contribution >= 4 is 21.6 Å². The molecule has 0 amide bonds. The molecule has 20 heavy (non-hydrogen) atoms. The van der Waals surface area contributed by atoms with Crippen molar-refractivity contribution in [3.8, 4) is 0 Å². The molecule has 1 heterocycles.